The fourth-order valence-corrected chi connectivity index (χ4v) is 4.02. The van der Waals surface area contributed by atoms with Crippen molar-refractivity contribution in [3.8, 4) is 17.3 Å². The summed E-state index contributed by atoms with van der Waals surface area (Å²) in [6.07, 6.45) is 1.45. The Hall–Kier alpha value is -4.39. The summed E-state index contributed by atoms with van der Waals surface area (Å²) in [5.74, 6) is 0.970. The Morgan fingerprint density at radius 3 is 2.69 bits per heavy atom. The molecule has 180 valence electrons. The van der Waals surface area contributed by atoms with E-state index in [1.807, 2.05) is 31.2 Å². The Morgan fingerprint density at radius 2 is 2.00 bits per heavy atom. The number of hydrazone groups is 1. The Balaban J connectivity index is 1.58. The van der Waals surface area contributed by atoms with Crippen molar-refractivity contribution in [3.05, 3.63) is 65.0 Å². The molecule has 3 N–H and O–H groups in total. The highest BCUT2D eigenvalue weighted by atomic mass is 32.2. The first-order valence-corrected chi connectivity index (χ1v) is 11.3. The largest absolute Gasteiger partial charge is 0.493 e. The number of rotatable bonds is 9. The number of nitrogens with two attached hydrogens (primary N) is 1. The monoisotopic (exact) mass is 494 g/mol. The van der Waals surface area contributed by atoms with Crippen LogP contribution in [0.5, 0.6) is 11.5 Å². The van der Waals surface area contributed by atoms with Crippen LogP contribution in [0.1, 0.15) is 27.3 Å². The molecule has 4 rings (SSSR count). The van der Waals surface area contributed by atoms with E-state index in [1.54, 1.807) is 18.2 Å². The Morgan fingerprint density at radius 1 is 1.20 bits per heavy atom. The number of anilines is 1. The fourth-order valence-electron chi connectivity index (χ4n) is 3.13. The van der Waals surface area contributed by atoms with Crippen molar-refractivity contribution < 1.29 is 18.9 Å². The van der Waals surface area contributed by atoms with Gasteiger partial charge in [-0.05, 0) is 41.5 Å². The van der Waals surface area contributed by atoms with Crippen LogP contribution < -0.4 is 20.6 Å². The summed E-state index contributed by atoms with van der Waals surface area (Å²) in [7, 11) is 3.06. The van der Waals surface area contributed by atoms with E-state index in [9.17, 15) is 4.79 Å². The molecule has 2 aromatic carbocycles. The first kappa shape index (κ1) is 23.8. The van der Waals surface area contributed by atoms with Crippen LogP contribution in [0.2, 0.25) is 0 Å². The summed E-state index contributed by atoms with van der Waals surface area (Å²) in [6, 6.07) is 13.3. The molecule has 13 heteroatoms. The summed E-state index contributed by atoms with van der Waals surface area (Å²) >= 11 is 1.50. The zero-order valence-electron chi connectivity index (χ0n) is 19.1. The van der Waals surface area contributed by atoms with E-state index in [0.29, 0.717) is 28.5 Å². The maximum atomic E-state index is 13.0. The number of nitrogens with one attached hydrogen (secondary N) is 1. The number of nitrogen functional groups attached to an aromatic ring is 1. The number of aromatic nitrogens is 5. The van der Waals surface area contributed by atoms with Crippen LogP contribution in [0, 0.1) is 6.92 Å². The first-order chi connectivity index (χ1) is 17.0. The predicted molar refractivity (Wildman–Crippen MR) is 129 cm³/mol. The van der Waals surface area contributed by atoms with Gasteiger partial charge in [-0.15, -0.1) is 16.9 Å². The maximum absolute atomic E-state index is 13.0. The number of carbonyl (C=O) groups is 1. The Kier molecular flexibility index (Phi) is 7.26. The third-order valence-electron chi connectivity index (χ3n) is 4.87. The van der Waals surface area contributed by atoms with Gasteiger partial charge in [0.2, 0.25) is 11.6 Å². The van der Waals surface area contributed by atoms with Gasteiger partial charge in [-0.1, -0.05) is 29.0 Å². The number of amides is 1. The first-order valence-electron chi connectivity index (χ1n) is 10.3. The van der Waals surface area contributed by atoms with Crippen LogP contribution in [0.3, 0.4) is 0 Å². The third-order valence-corrected chi connectivity index (χ3v) is 5.90. The molecule has 4 aromatic rings. The molecule has 0 fully saturated rings. The number of para-hydroxylation sites is 1. The van der Waals surface area contributed by atoms with Gasteiger partial charge >= 0.3 is 0 Å². The SMILES string of the molecule is COc1cccc(/C=N/NC(=O)c2nnn(-c3nonc3N)c2CSc2ccc(C)cc2)c1OC. The number of nitrogens with zero attached hydrogens (tertiary/aromatic N) is 6. The molecule has 0 saturated heterocycles. The van der Waals surface area contributed by atoms with E-state index in [-0.39, 0.29) is 17.3 Å². The van der Waals surface area contributed by atoms with Gasteiger partial charge in [-0.3, -0.25) is 4.79 Å². The number of thioether (sulfide) groups is 1. The minimum absolute atomic E-state index is 0.0200. The molecule has 0 aliphatic heterocycles. The summed E-state index contributed by atoms with van der Waals surface area (Å²) in [4.78, 5) is 14.0. The van der Waals surface area contributed by atoms with Crippen LogP contribution >= 0.6 is 11.8 Å². The standard InChI is InChI=1S/C22H22N8O4S/c1-13-7-9-15(10-8-13)35-12-16-18(25-29-30(16)21-20(23)27-34-28-21)22(31)26-24-11-14-5-4-6-17(32-2)19(14)33-3/h4-11H,12H2,1-3H3,(H2,23,27)(H,26,31)/b24-11+. The minimum atomic E-state index is -0.566. The molecular weight excluding hydrogens is 472 g/mol. The highest BCUT2D eigenvalue weighted by Crippen LogP contribution is 2.29. The molecule has 0 saturated carbocycles. The van der Waals surface area contributed by atoms with Crippen LogP contribution in [-0.4, -0.2) is 51.6 Å². The number of aryl methyl sites for hydroxylation is 1. The second-order valence-electron chi connectivity index (χ2n) is 7.15. The van der Waals surface area contributed by atoms with Gasteiger partial charge in [-0.25, -0.2) is 10.1 Å². The van der Waals surface area contributed by atoms with Gasteiger partial charge < -0.3 is 15.2 Å². The Bertz CT molecular complexity index is 1350. The van der Waals surface area contributed by atoms with E-state index >= 15 is 0 Å². The van der Waals surface area contributed by atoms with Crippen molar-refractivity contribution in [2.24, 2.45) is 5.10 Å². The van der Waals surface area contributed by atoms with Gasteiger partial charge in [0.15, 0.2) is 17.2 Å². The summed E-state index contributed by atoms with van der Waals surface area (Å²) in [5, 5.41) is 19.5. The molecule has 0 atom stereocenters. The summed E-state index contributed by atoms with van der Waals surface area (Å²) in [5.41, 5.74) is 10.6. The maximum Gasteiger partial charge on any atom is 0.293 e. The molecule has 0 aliphatic carbocycles. The zero-order chi connectivity index (χ0) is 24.8. The van der Waals surface area contributed by atoms with E-state index in [1.165, 1.54) is 36.9 Å². The molecule has 35 heavy (non-hydrogen) atoms. The van der Waals surface area contributed by atoms with Crippen molar-refractivity contribution in [3.63, 3.8) is 0 Å². The average Bonchev–Trinajstić information content (AvgIpc) is 3.48. The lowest BCUT2D eigenvalue weighted by Gasteiger charge is -2.09. The van der Waals surface area contributed by atoms with Crippen molar-refractivity contribution >= 4 is 29.7 Å². The number of benzene rings is 2. The molecule has 1 amide bonds. The van der Waals surface area contributed by atoms with Crippen molar-refractivity contribution in [1.82, 2.24) is 30.7 Å². The second kappa shape index (κ2) is 10.7. The lowest BCUT2D eigenvalue weighted by Crippen LogP contribution is -2.20. The van der Waals surface area contributed by atoms with E-state index in [2.05, 4.69) is 35.8 Å². The molecule has 12 nitrogen and oxygen atoms in total. The molecule has 0 radical (unpaired) electrons. The van der Waals surface area contributed by atoms with Gasteiger partial charge in [-0.2, -0.15) is 9.78 Å². The molecular formula is C22H22N8O4S. The minimum Gasteiger partial charge on any atom is -0.493 e. The second-order valence-corrected chi connectivity index (χ2v) is 8.20. The topological polar surface area (TPSA) is 156 Å². The Labute approximate surface area is 204 Å². The number of ether oxygens (including phenoxy) is 2. The van der Waals surface area contributed by atoms with Gasteiger partial charge in [0, 0.05) is 16.2 Å². The smallest absolute Gasteiger partial charge is 0.293 e. The normalized spacial score (nSPS) is 11.1. The average molecular weight is 495 g/mol. The highest BCUT2D eigenvalue weighted by molar-refractivity contribution is 7.98. The van der Waals surface area contributed by atoms with Crippen molar-refractivity contribution in [2.75, 3.05) is 20.0 Å². The van der Waals surface area contributed by atoms with Crippen molar-refractivity contribution in [1.29, 1.82) is 0 Å². The molecule has 0 spiro atoms. The van der Waals surface area contributed by atoms with Crippen LogP contribution in [0.15, 0.2) is 57.1 Å². The van der Waals surface area contributed by atoms with E-state index in [4.69, 9.17) is 15.2 Å². The third kappa shape index (κ3) is 5.24. The number of methoxy groups -OCH3 is 2. The van der Waals surface area contributed by atoms with E-state index in [0.717, 1.165) is 10.5 Å². The van der Waals surface area contributed by atoms with Crippen LogP contribution in [0.4, 0.5) is 5.82 Å². The van der Waals surface area contributed by atoms with Crippen molar-refractivity contribution in [2.45, 2.75) is 17.6 Å². The van der Waals surface area contributed by atoms with Gasteiger partial charge in [0.1, 0.15) is 0 Å². The zero-order valence-corrected chi connectivity index (χ0v) is 19.9. The number of hydrogen-bond donors (Lipinski definition) is 2. The number of carbonyl (C=O) groups excluding carboxylic acids is 1. The predicted octanol–water partition coefficient (Wildman–Crippen LogP) is 2.61. The quantitative estimate of drug-likeness (QED) is 0.201. The fraction of sp³-hybridized carbons (Fsp3) is 0.182. The van der Waals surface area contributed by atoms with Gasteiger partial charge in [0.25, 0.3) is 5.91 Å². The molecule has 2 heterocycles. The molecule has 2 aromatic heterocycles. The van der Waals surface area contributed by atoms with Crippen LogP contribution in [0.25, 0.3) is 5.82 Å². The lowest BCUT2D eigenvalue weighted by molar-refractivity contribution is 0.0949. The summed E-state index contributed by atoms with van der Waals surface area (Å²) < 4.78 is 16.7. The lowest BCUT2D eigenvalue weighted by atomic mass is 10.2. The van der Waals surface area contributed by atoms with E-state index < -0.39 is 5.91 Å². The van der Waals surface area contributed by atoms with Gasteiger partial charge in [0.05, 0.1) is 26.1 Å². The molecule has 0 unspecified atom stereocenters. The highest BCUT2D eigenvalue weighted by Gasteiger charge is 2.24. The van der Waals surface area contributed by atoms with Crippen LogP contribution in [-0.2, 0) is 5.75 Å². The molecule has 0 bridgehead atoms. The molecule has 0 aliphatic rings. The number of hydrogen-bond acceptors (Lipinski definition) is 11. The summed E-state index contributed by atoms with van der Waals surface area (Å²) in [6.45, 7) is 2.01.